The van der Waals surface area contributed by atoms with Gasteiger partial charge in [0.1, 0.15) is 18.2 Å². The molecule has 9 heteroatoms. The summed E-state index contributed by atoms with van der Waals surface area (Å²) in [6, 6.07) is 0. The van der Waals surface area contributed by atoms with Gasteiger partial charge in [-0.05, 0) is 27.7 Å². The van der Waals surface area contributed by atoms with Crippen molar-refractivity contribution in [2.45, 2.75) is 40.0 Å². The Hall–Kier alpha value is -2.68. The fourth-order valence-electron chi connectivity index (χ4n) is 2.38. The summed E-state index contributed by atoms with van der Waals surface area (Å²) in [6.07, 6.45) is 4.94. The number of ether oxygens (including phenoxy) is 2. The number of nitrogen functional groups attached to an aromatic ring is 1. The molecule has 3 aromatic heterocycles. The van der Waals surface area contributed by atoms with Gasteiger partial charge in [-0.2, -0.15) is 14.6 Å². The predicted octanol–water partition coefficient (Wildman–Crippen LogP) is 1.91. The van der Waals surface area contributed by atoms with Crippen LogP contribution in [0.15, 0.2) is 18.7 Å². The Morgan fingerprint density at radius 2 is 2.08 bits per heavy atom. The van der Waals surface area contributed by atoms with Crippen molar-refractivity contribution in [2.75, 3.05) is 12.3 Å². The molecule has 0 fully saturated rings. The van der Waals surface area contributed by atoms with E-state index < -0.39 is 0 Å². The molecule has 2 N–H and O–H groups in total. The Bertz CT molecular complexity index is 840. The molecule has 1 unspecified atom stereocenters. The fraction of sp³-hybridized carbons (Fsp3) is 0.467. The molecule has 0 aromatic carbocycles. The van der Waals surface area contributed by atoms with Crippen LogP contribution in [0, 0.1) is 0 Å². The maximum absolute atomic E-state index is 5.93. The molecule has 128 valence electrons. The quantitative estimate of drug-likeness (QED) is 0.735. The third-order valence-corrected chi connectivity index (χ3v) is 3.37. The van der Waals surface area contributed by atoms with Crippen LogP contribution in [-0.4, -0.2) is 42.1 Å². The maximum Gasteiger partial charge on any atom is 0.240 e. The predicted molar refractivity (Wildman–Crippen MR) is 88.5 cm³/mol. The van der Waals surface area contributed by atoms with E-state index in [1.807, 2.05) is 33.9 Å². The number of fused-ring (bicyclic) bond motifs is 1. The van der Waals surface area contributed by atoms with Gasteiger partial charge in [0.2, 0.25) is 11.6 Å². The summed E-state index contributed by atoms with van der Waals surface area (Å²) in [7, 11) is 0. The molecule has 0 spiro atoms. The Morgan fingerprint density at radius 3 is 2.79 bits per heavy atom. The number of rotatable bonds is 6. The van der Waals surface area contributed by atoms with Crippen LogP contribution in [-0.2, 0) is 4.74 Å². The first-order valence-corrected chi connectivity index (χ1v) is 7.83. The Kier molecular flexibility index (Phi) is 4.34. The fourth-order valence-corrected chi connectivity index (χ4v) is 2.38. The van der Waals surface area contributed by atoms with Crippen LogP contribution < -0.4 is 10.5 Å². The number of anilines is 1. The Morgan fingerprint density at radius 1 is 1.29 bits per heavy atom. The van der Waals surface area contributed by atoms with E-state index in [1.54, 1.807) is 17.2 Å². The summed E-state index contributed by atoms with van der Waals surface area (Å²) in [5.41, 5.74) is 7.67. The molecule has 0 saturated heterocycles. The lowest BCUT2D eigenvalue weighted by molar-refractivity contribution is 0.0160. The Balaban J connectivity index is 2.08. The van der Waals surface area contributed by atoms with Crippen LogP contribution >= 0.6 is 0 Å². The van der Waals surface area contributed by atoms with Gasteiger partial charge < -0.3 is 15.2 Å². The zero-order valence-electron chi connectivity index (χ0n) is 14.2. The molecule has 24 heavy (non-hydrogen) atoms. The zero-order chi connectivity index (χ0) is 17.3. The molecule has 0 radical (unpaired) electrons. The van der Waals surface area contributed by atoms with Gasteiger partial charge in [0.05, 0.1) is 12.3 Å². The molecule has 0 aliphatic rings. The standard InChI is InChI=1S/C15H21N7O2/c1-5-23-10(4)21-7-11(6-18-21)12-13(24-9(2)3)14-19-15(16)20-22(14)8-17-12/h6-10H,5H2,1-4H3,(H2,16,20). The van der Waals surface area contributed by atoms with Gasteiger partial charge in [-0.3, -0.25) is 0 Å². The van der Waals surface area contributed by atoms with Crippen LogP contribution in [0.1, 0.15) is 33.9 Å². The van der Waals surface area contributed by atoms with Crippen LogP contribution in [0.25, 0.3) is 16.9 Å². The van der Waals surface area contributed by atoms with Crippen LogP contribution in [0.3, 0.4) is 0 Å². The van der Waals surface area contributed by atoms with Crippen molar-refractivity contribution >= 4 is 11.6 Å². The van der Waals surface area contributed by atoms with E-state index in [0.717, 1.165) is 5.56 Å². The van der Waals surface area contributed by atoms with E-state index >= 15 is 0 Å². The number of nitrogens with two attached hydrogens (primary N) is 1. The summed E-state index contributed by atoms with van der Waals surface area (Å²) in [5, 5.41) is 8.42. The molecule has 9 nitrogen and oxygen atoms in total. The molecule has 3 rings (SSSR count). The smallest absolute Gasteiger partial charge is 0.240 e. The van der Waals surface area contributed by atoms with Crippen LogP contribution in [0.2, 0.25) is 0 Å². The monoisotopic (exact) mass is 331 g/mol. The minimum absolute atomic E-state index is 0.0490. The topological polar surface area (TPSA) is 105 Å². The molecule has 1 atom stereocenters. The average molecular weight is 331 g/mol. The van der Waals surface area contributed by atoms with E-state index in [1.165, 1.54) is 4.52 Å². The number of aromatic nitrogens is 6. The minimum atomic E-state index is -0.161. The first kappa shape index (κ1) is 16.2. The highest BCUT2D eigenvalue weighted by Gasteiger charge is 2.19. The summed E-state index contributed by atoms with van der Waals surface area (Å²) < 4.78 is 14.7. The van der Waals surface area contributed by atoms with Gasteiger partial charge in [-0.1, -0.05) is 0 Å². The van der Waals surface area contributed by atoms with Crippen molar-refractivity contribution in [1.29, 1.82) is 0 Å². The first-order chi connectivity index (χ1) is 11.5. The van der Waals surface area contributed by atoms with Gasteiger partial charge in [0, 0.05) is 18.4 Å². The molecular weight excluding hydrogens is 310 g/mol. The van der Waals surface area contributed by atoms with E-state index in [4.69, 9.17) is 15.2 Å². The summed E-state index contributed by atoms with van der Waals surface area (Å²) in [5.74, 6) is 0.698. The van der Waals surface area contributed by atoms with Crippen LogP contribution in [0.5, 0.6) is 5.75 Å². The second-order valence-electron chi connectivity index (χ2n) is 5.59. The third-order valence-electron chi connectivity index (χ3n) is 3.37. The number of hydrogen-bond acceptors (Lipinski definition) is 7. The highest BCUT2D eigenvalue weighted by Crippen LogP contribution is 2.32. The van der Waals surface area contributed by atoms with E-state index in [2.05, 4.69) is 20.2 Å². The van der Waals surface area contributed by atoms with Crippen molar-refractivity contribution < 1.29 is 9.47 Å². The highest BCUT2D eigenvalue weighted by atomic mass is 16.5. The highest BCUT2D eigenvalue weighted by molar-refractivity contribution is 5.73. The number of hydrogen-bond donors (Lipinski definition) is 1. The summed E-state index contributed by atoms with van der Waals surface area (Å²) in [6.45, 7) is 8.37. The molecule has 0 bridgehead atoms. The lowest BCUT2D eigenvalue weighted by Gasteiger charge is -2.13. The second-order valence-corrected chi connectivity index (χ2v) is 5.59. The van der Waals surface area contributed by atoms with E-state index in [-0.39, 0.29) is 18.3 Å². The van der Waals surface area contributed by atoms with Gasteiger partial charge in [-0.25, -0.2) is 9.67 Å². The van der Waals surface area contributed by atoms with Gasteiger partial charge in [0.25, 0.3) is 0 Å². The van der Waals surface area contributed by atoms with Crippen LogP contribution in [0.4, 0.5) is 5.95 Å². The lowest BCUT2D eigenvalue weighted by Crippen LogP contribution is -2.10. The first-order valence-electron chi connectivity index (χ1n) is 7.83. The molecular formula is C15H21N7O2. The number of nitrogens with zero attached hydrogens (tertiary/aromatic N) is 6. The Labute approximate surface area is 139 Å². The van der Waals surface area contributed by atoms with Gasteiger partial charge in [-0.15, -0.1) is 5.10 Å². The minimum Gasteiger partial charge on any atom is -0.485 e. The van der Waals surface area contributed by atoms with Gasteiger partial charge >= 0.3 is 0 Å². The van der Waals surface area contributed by atoms with E-state index in [0.29, 0.717) is 23.7 Å². The second kappa shape index (κ2) is 6.44. The molecule has 3 aromatic rings. The third kappa shape index (κ3) is 3.02. The average Bonchev–Trinajstić information content (AvgIpc) is 3.13. The van der Waals surface area contributed by atoms with Crippen molar-refractivity contribution in [2.24, 2.45) is 0 Å². The van der Waals surface area contributed by atoms with Crippen molar-refractivity contribution in [1.82, 2.24) is 29.4 Å². The summed E-state index contributed by atoms with van der Waals surface area (Å²) in [4.78, 5) is 8.68. The molecule has 0 amide bonds. The van der Waals surface area contributed by atoms with Crippen molar-refractivity contribution in [3.63, 3.8) is 0 Å². The lowest BCUT2D eigenvalue weighted by atomic mass is 10.2. The van der Waals surface area contributed by atoms with Crippen molar-refractivity contribution in [3.8, 4) is 17.0 Å². The largest absolute Gasteiger partial charge is 0.485 e. The maximum atomic E-state index is 5.93. The molecule has 0 aliphatic carbocycles. The molecule has 0 saturated carbocycles. The normalized spacial score (nSPS) is 12.9. The van der Waals surface area contributed by atoms with E-state index in [9.17, 15) is 0 Å². The SMILES string of the molecule is CCOC(C)n1cc(-c2ncn3nc(N)nc3c2OC(C)C)cn1. The van der Waals surface area contributed by atoms with Crippen molar-refractivity contribution in [3.05, 3.63) is 18.7 Å². The summed E-state index contributed by atoms with van der Waals surface area (Å²) >= 11 is 0. The molecule has 3 heterocycles. The zero-order valence-corrected chi connectivity index (χ0v) is 14.2. The van der Waals surface area contributed by atoms with Gasteiger partial charge in [0.15, 0.2) is 5.75 Å². The molecule has 0 aliphatic heterocycles.